The van der Waals surface area contributed by atoms with Gasteiger partial charge in [0.05, 0.1) is 4.92 Å². The van der Waals surface area contributed by atoms with Crippen molar-refractivity contribution in [3.05, 3.63) is 39.4 Å². The molecule has 1 unspecified atom stereocenters. The Morgan fingerprint density at radius 1 is 1.47 bits per heavy atom. The zero-order chi connectivity index (χ0) is 11.6. The van der Waals surface area contributed by atoms with Gasteiger partial charge in [0, 0.05) is 12.1 Å². The van der Waals surface area contributed by atoms with Crippen LogP contribution in [-0.2, 0) is 4.79 Å². The number of benzene rings is 1. The Morgan fingerprint density at radius 3 is 2.53 bits per heavy atom. The molecule has 0 saturated heterocycles. The number of rotatable bonds is 3. The van der Waals surface area contributed by atoms with E-state index in [0.29, 0.717) is 11.1 Å². The largest absolute Gasteiger partial charge is 0.298 e. The van der Waals surface area contributed by atoms with Crippen molar-refractivity contribution in [2.24, 2.45) is 0 Å². The molecule has 0 aliphatic rings. The third-order valence-electron chi connectivity index (χ3n) is 1.94. The number of hydrogen-bond donors (Lipinski definition) is 0. The maximum Gasteiger partial charge on any atom is 0.270 e. The van der Waals surface area contributed by atoms with E-state index in [1.54, 1.807) is 13.0 Å². The number of nitrogens with zero attached hydrogens (tertiary/aromatic N) is 1. The van der Waals surface area contributed by atoms with Crippen molar-refractivity contribution < 1.29 is 9.72 Å². The van der Waals surface area contributed by atoms with Crippen molar-refractivity contribution in [1.29, 1.82) is 0 Å². The molecule has 0 spiro atoms. The average Bonchev–Trinajstić information content (AvgIpc) is 2.15. The molecule has 5 heteroatoms. The van der Waals surface area contributed by atoms with Crippen LogP contribution in [0.5, 0.6) is 0 Å². The third-order valence-corrected chi connectivity index (χ3v) is 2.50. The van der Waals surface area contributed by atoms with Gasteiger partial charge < -0.3 is 0 Å². The van der Waals surface area contributed by atoms with Gasteiger partial charge in [0.1, 0.15) is 5.38 Å². The topological polar surface area (TPSA) is 60.2 Å². The van der Waals surface area contributed by atoms with Crippen LogP contribution in [-0.4, -0.2) is 10.7 Å². The Morgan fingerprint density at radius 2 is 2.07 bits per heavy atom. The van der Waals surface area contributed by atoms with Gasteiger partial charge in [-0.15, -0.1) is 11.6 Å². The molecule has 4 nitrogen and oxygen atoms in total. The van der Waals surface area contributed by atoms with Crippen LogP contribution in [0.25, 0.3) is 0 Å². The zero-order valence-corrected chi connectivity index (χ0v) is 9.12. The molecule has 0 amide bonds. The number of nitro groups is 1. The van der Waals surface area contributed by atoms with Gasteiger partial charge >= 0.3 is 0 Å². The number of nitro benzene ring substituents is 1. The molecular formula is C10H10ClNO3. The van der Waals surface area contributed by atoms with Gasteiger partial charge in [-0.2, -0.15) is 0 Å². The van der Waals surface area contributed by atoms with E-state index in [9.17, 15) is 14.9 Å². The number of alkyl halides is 1. The highest BCUT2D eigenvalue weighted by atomic mass is 35.5. The lowest BCUT2D eigenvalue weighted by Gasteiger charge is -2.06. The van der Waals surface area contributed by atoms with Gasteiger partial charge in [-0.3, -0.25) is 14.9 Å². The van der Waals surface area contributed by atoms with Crippen molar-refractivity contribution in [3.63, 3.8) is 0 Å². The van der Waals surface area contributed by atoms with Crippen LogP contribution >= 0.6 is 11.6 Å². The number of carbonyl (C=O) groups is 1. The molecule has 0 radical (unpaired) electrons. The number of hydrogen-bond acceptors (Lipinski definition) is 3. The molecule has 0 saturated carbocycles. The van der Waals surface area contributed by atoms with Crippen molar-refractivity contribution in [1.82, 2.24) is 0 Å². The van der Waals surface area contributed by atoms with Crippen molar-refractivity contribution in [2.45, 2.75) is 19.2 Å². The summed E-state index contributed by atoms with van der Waals surface area (Å²) in [5.41, 5.74) is 1.14. The maximum absolute atomic E-state index is 11.0. The summed E-state index contributed by atoms with van der Waals surface area (Å²) in [4.78, 5) is 21.1. The average molecular weight is 228 g/mol. The lowest BCUT2D eigenvalue weighted by molar-refractivity contribution is -0.385. The van der Waals surface area contributed by atoms with E-state index in [0.717, 1.165) is 0 Å². The Labute approximate surface area is 92.0 Å². The highest BCUT2D eigenvalue weighted by Gasteiger charge is 2.17. The first-order valence-corrected chi connectivity index (χ1v) is 4.76. The monoisotopic (exact) mass is 227 g/mol. The fraction of sp³-hybridized carbons (Fsp3) is 0.300. The Hall–Kier alpha value is -1.42. The van der Waals surface area contributed by atoms with E-state index in [1.165, 1.54) is 19.1 Å². The van der Waals surface area contributed by atoms with Gasteiger partial charge in [-0.25, -0.2) is 0 Å². The van der Waals surface area contributed by atoms with E-state index in [-0.39, 0.29) is 11.5 Å². The predicted molar refractivity (Wildman–Crippen MR) is 57.1 cm³/mol. The summed E-state index contributed by atoms with van der Waals surface area (Å²) < 4.78 is 0. The smallest absolute Gasteiger partial charge is 0.270 e. The summed E-state index contributed by atoms with van der Waals surface area (Å²) in [6.07, 6.45) is 0. The summed E-state index contributed by atoms with van der Waals surface area (Å²) in [5.74, 6) is -0.225. The number of aryl methyl sites for hydroxylation is 1. The standard InChI is InChI=1S/C10H10ClNO3/c1-6-3-8(10(11)7(2)13)5-9(4-6)12(14)15/h3-5,10H,1-2H3. The lowest BCUT2D eigenvalue weighted by atomic mass is 10.1. The quantitative estimate of drug-likeness (QED) is 0.453. The van der Waals surface area contributed by atoms with Crippen LogP contribution in [0.2, 0.25) is 0 Å². The minimum atomic E-state index is -0.816. The van der Waals surface area contributed by atoms with Crippen LogP contribution in [0.15, 0.2) is 18.2 Å². The van der Waals surface area contributed by atoms with E-state index >= 15 is 0 Å². The summed E-state index contributed by atoms with van der Waals surface area (Å²) in [6, 6.07) is 4.44. The first kappa shape index (κ1) is 11.7. The molecular weight excluding hydrogens is 218 g/mol. The maximum atomic E-state index is 11.0. The van der Waals surface area contributed by atoms with E-state index in [1.807, 2.05) is 0 Å². The molecule has 15 heavy (non-hydrogen) atoms. The lowest BCUT2D eigenvalue weighted by Crippen LogP contribution is -2.02. The van der Waals surface area contributed by atoms with Crippen LogP contribution in [0, 0.1) is 17.0 Å². The first-order valence-electron chi connectivity index (χ1n) is 4.32. The van der Waals surface area contributed by atoms with Gasteiger partial charge in [-0.1, -0.05) is 6.07 Å². The fourth-order valence-corrected chi connectivity index (χ4v) is 1.40. The second-order valence-electron chi connectivity index (χ2n) is 3.33. The van der Waals surface area contributed by atoms with Gasteiger partial charge in [0.25, 0.3) is 5.69 Å². The van der Waals surface area contributed by atoms with Crippen LogP contribution in [0.4, 0.5) is 5.69 Å². The predicted octanol–water partition coefficient (Wildman–Crippen LogP) is 2.77. The van der Waals surface area contributed by atoms with Gasteiger partial charge in [0.2, 0.25) is 0 Å². The molecule has 0 fully saturated rings. The molecule has 0 bridgehead atoms. The molecule has 0 aliphatic carbocycles. The molecule has 1 atom stereocenters. The normalized spacial score (nSPS) is 12.2. The molecule has 0 aromatic heterocycles. The molecule has 0 aliphatic heterocycles. The zero-order valence-electron chi connectivity index (χ0n) is 8.36. The van der Waals surface area contributed by atoms with Crippen LogP contribution in [0.3, 0.4) is 0 Å². The summed E-state index contributed by atoms with van der Waals surface area (Å²) in [6.45, 7) is 3.08. The third kappa shape index (κ3) is 2.76. The second kappa shape index (κ2) is 4.40. The SMILES string of the molecule is CC(=O)C(Cl)c1cc(C)cc([N+](=O)[O-])c1. The second-order valence-corrected chi connectivity index (χ2v) is 3.77. The van der Waals surface area contributed by atoms with E-state index in [4.69, 9.17) is 11.6 Å². The molecule has 80 valence electrons. The van der Waals surface area contributed by atoms with Crippen molar-refractivity contribution in [2.75, 3.05) is 0 Å². The van der Waals surface area contributed by atoms with Crippen LogP contribution < -0.4 is 0 Å². The fourth-order valence-electron chi connectivity index (χ4n) is 1.28. The Bertz CT molecular complexity index is 417. The molecule has 1 rings (SSSR count). The van der Waals surface area contributed by atoms with Crippen molar-refractivity contribution >= 4 is 23.1 Å². The number of ketones is 1. The molecule has 1 aromatic rings. The summed E-state index contributed by atoms with van der Waals surface area (Å²) >= 11 is 5.82. The van der Waals surface area contributed by atoms with E-state index < -0.39 is 10.3 Å². The highest BCUT2D eigenvalue weighted by molar-refractivity contribution is 6.30. The number of Topliss-reactive ketones (excluding diaryl/α,β-unsaturated/α-hetero) is 1. The Kier molecular flexibility index (Phi) is 3.42. The van der Waals surface area contributed by atoms with Gasteiger partial charge in [-0.05, 0) is 25.0 Å². The number of non-ortho nitro benzene ring substituents is 1. The minimum Gasteiger partial charge on any atom is -0.298 e. The molecule has 0 heterocycles. The van der Waals surface area contributed by atoms with E-state index in [2.05, 4.69) is 0 Å². The number of halogens is 1. The first-order chi connectivity index (χ1) is 6.91. The molecule has 0 N–H and O–H groups in total. The molecule has 1 aromatic carbocycles. The summed E-state index contributed by atoms with van der Waals surface area (Å²) in [7, 11) is 0. The summed E-state index contributed by atoms with van der Waals surface area (Å²) in [5, 5.41) is 9.76. The minimum absolute atomic E-state index is 0.0445. The van der Waals surface area contributed by atoms with Crippen molar-refractivity contribution in [3.8, 4) is 0 Å². The van der Waals surface area contributed by atoms with Crippen LogP contribution in [0.1, 0.15) is 23.4 Å². The van der Waals surface area contributed by atoms with Gasteiger partial charge in [0.15, 0.2) is 5.78 Å². The highest BCUT2D eigenvalue weighted by Crippen LogP contribution is 2.26. The number of carbonyl (C=O) groups excluding carboxylic acids is 1. The Balaban J connectivity index is 3.20.